The van der Waals surface area contributed by atoms with E-state index in [-0.39, 0.29) is 0 Å². The zero-order valence-electron chi connectivity index (χ0n) is 18.0. The van der Waals surface area contributed by atoms with Crippen LogP contribution in [-0.2, 0) is 0 Å². The van der Waals surface area contributed by atoms with Crippen LogP contribution in [0.1, 0.15) is 5.56 Å². The van der Waals surface area contributed by atoms with Gasteiger partial charge in [0.25, 0.3) is 0 Å². The zero-order valence-corrected chi connectivity index (χ0v) is 18.8. The van der Waals surface area contributed by atoms with E-state index in [0.717, 1.165) is 5.56 Å². The Morgan fingerprint density at radius 3 is 1.97 bits per heavy atom. The van der Waals surface area contributed by atoms with Crippen molar-refractivity contribution in [1.82, 2.24) is 0 Å². The van der Waals surface area contributed by atoms with Crippen LogP contribution in [0.5, 0.6) is 0 Å². The minimum atomic E-state index is 0.972. The number of nitrogens with one attached hydrogen (secondary N) is 1. The Morgan fingerprint density at radius 1 is 0.515 bits per heavy atom. The fraction of sp³-hybridized carbons (Fsp3) is 0. The van der Waals surface area contributed by atoms with Crippen molar-refractivity contribution in [2.24, 2.45) is 0 Å². The van der Waals surface area contributed by atoms with Crippen LogP contribution >= 0.6 is 11.3 Å². The molecule has 0 unspecified atom stereocenters. The highest BCUT2D eigenvalue weighted by Crippen LogP contribution is 2.40. The molecule has 2 heteroatoms. The maximum absolute atomic E-state index is 7.87. The molecule has 156 valence electrons. The number of fused-ring (bicyclic) bond motifs is 3. The molecule has 0 aliphatic rings. The van der Waals surface area contributed by atoms with Gasteiger partial charge >= 0.3 is 0 Å². The number of hydrogen-bond acceptors (Lipinski definition) is 2. The van der Waals surface area contributed by atoms with Crippen LogP contribution in [0.15, 0.2) is 115 Å². The molecule has 0 radical (unpaired) electrons. The fourth-order valence-corrected chi connectivity index (χ4v) is 5.75. The van der Waals surface area contributed by atoms with Gasteiger partial charge in [-0.2, -0.15) is 0 Å². The second-order valence-electron chi connectivity index (χ2n) is 8.17. The SMILES string of the molecule is N=Cc1cccc2sc3ccc(-c4ccccc4-c4cccc(-c5ccccc5)c4)cc3c12. The van der Waals surface area contributed by atoms with Crippen LogP contribution in [0.4, 0.5) is 0 Å². The van der Waals surface area contributed by atoms with Gasteiger partial charge in [0, 0.05) is 32.0 Å². The van der Waals surface area contributed by atoms with Crippen LogP contribution in [0.25, 0.3) is 53.6 Å². The molecule has 0 aliphatic carbocycles. The molecule has 0 saturated heterocycles. The zero-order chi connectivity index (χ0) is 22.2. The van der Waals surface area contributed by atoms with Crippen molar-refractivity contribution in [2.75, 3.05) is 0 Å². The fourth-order valence-electron chi connectivity index (χ4n) is 4.63. The Kier molecular flexibility index (Phi) is 4.86. The molecular weight excluding hydrogens is 418 g/mol. The third-order valence-corrected chi connectivity index (χ3v) is 7.34. The lowest BCUT2D eigenvalue weighted by atomic mass is 9.92. The Labute approximate surface area is 197 Å². The number of thiophene rings is 1. The second kappa shape index (κ2) is 8.16. The minimum Gasteiger partial charge on any atom is -0.308 e. The molecule has 0 saturated carbocycles. The van der Waals surface area contributed by atoms with Gasteiger partial charge in [-0.05, 0) is 57.6 Å². The molecule has 1 heterocycles. The number of hydrogen-bond donors (Lipinski definition) is 1. The Hall–Kier alpha value is -4.01. The molecule has 0 aliphatic heterocycles. The maximum Gasteiger partial charge on any atom is 0.0361 e. The summed E-state index contributed by atoms with van der Waals surface area (Å²) < 4.78 is 2.48. The number of rotatable bonds is 4. The van der Waals surface area contributed by atoms with Gasteiger partial charge in [-0.25, -0.2) is 0 Å². The van der Waals surface area contributed by atoms with Crippen molar-refractivity contribution >= 4 is 37.7 Å². The average molecular weight is 440 g/mol. The van der Waals surface area contributed by atoms with E-state index in [1.54, 1.807) is 11.3 Å². The summed E-state index contributed by atoms with van der Waals surface area (Å²) in [5, 5.41) is 10.3. The van der Waals surface area contributed by atoms with E-state index in [0.29, 0.717) is 0 Å². The number of benzene rings is 5. The van der Waals surface area contributed by atoms with E-state index in [2.05, 4.69) is 103 Å². The van der Waals surface area contributed by atoms with Crippen LogP contribution in [0.3, 0.4) is 0 Å². The minimum absolute atomic E-state index is 0.972. The van der Waals surface area contributed by atoms with Gasteiger partial charge in [-0.15, -0.1) is 11.3 Å². The first-order valence-corrected chi connectivity index (χ1v) is 11.8. The largest absolute Gasteiger partial charge is 0.308 e. The van der Waals surface area contributed by atoms with Gasteiger partial charge in [0.1, 0.15) is 0 Å². The highest BCUT2D eigenvalue weighted by Gasteiger charge is 2.12. The summed E-state index contributed by atoms with van der Waals surface area (Å²) in [6, 6.07) is 40.9. The van der Waals surface area contributed by atoms with Crippen LogP contribution in [0, 0.1) is 5.41 Å². The van der Waals surface area contributed by atoms with Crippen molar-refractivity contribution in [3.05, 3.63) is 121 Å². The van der Waals surface area contributed by atoms with E-state index in [1.807, 2.05) is 12.1 Å². The predicted octanol–water partition coefficient (Wildman–Crippen LogP) is 9.05. The van der Waals surface area contributed by atoms with Crippen molar-refractivity contribution in [3.63, 3.8) is 0 Å². The normalized spacial score (nSPS) is 11.2. The summed E-state index contributed by atoms with van der Waals surface area (Å²) in [6.07, 6.45) is 1.46. The van der Waals surface area contributed by atoms with Gasteiger partial charge in [0.05, 0.1) is 0 Å². The smallest absolute Gasteiger partial charge is 0.0361 e. The van der Waals surface area contributed by atoms with Gasteiger partial charge < -0.3 is 5.41 Å². The predicted molar refractivity (Wildman–Crippen MR) is 144 cm³/mol. The summed E-state index contributed by atoms with van der Waals surface area (Å²) in [5.74, 6) is 0. The van der Waals surface area contributed by atoms with Crippen LogP contribution in [0.2, 0.25) is 0 Å². The average Bonchev–Trinajstić information content (AvgIpc) is 3.27. The molecule has 1 N–H and O–H groups in total. The highest BCUT2D eigenvalue weighted by atomic mass is 32.1. The van der Waals surface area contributed by atoms with E-state index >= 15 is 0 Å². The lowest BCUT2D eigenvalue weighted by Gasteiger charge is -2.12. The third kappa shape index (κ3) is 3.45. The van der Waals surface area contributed by atoms with Crippen LogP contribution < -0.4 is 0 Å². The first-order valence-electron chi connectivity index (χ1n) is 11.0. The second-order valence-corrected chi connectivity index (χ2v) is 9.25. The standard InChI is InChI=1S/C31H21NS/c32-20-25-12-7-15-30-31(25)28-19-24(16-17-29(28)33-30)27-14-5-4-13-26(27)23-11-6-10-22(18-23)21-8-2-1-3-9-21/h1-20,32H. The van der Waals surface area contributed by atoms with E-state index in [4.69, 9.17) is 5.41 Å². The van der Waals surface area contributed by atoms with Crippen molar-refractivity contribution < 1.29 is 0 Å². The molecule has 0 atom stereocenters. The monoisotopic (exact) mass is 439 g/mol. The van der Waals surface area contributed by atoms with Gasteiger partial charge in [0.2, 0.25) is 0 Å². The van der Waals surface area contributed by atoms with E-state index in [9.17, 15) is 0 Å². The first-order chi connectivity index (χ1) is 16.3. The first kappa shape index (κ1) is 19.7. The van der Waals surface area contributed by atoms with Crippen molar-refractivity contribution in [3.8, 4) is 33.4 Å². The quantitative estimate of drug-likeness (QED) is 0.265. The molecular formula is C31H21NS. The topological polar surface area (TPSA) is 23.9 Å². The highest BCUT2D eigenvalue weighted by molar-refractivity contribution is 7.25. The van der Waals surface area contributed by atoms with Gasteiger partial charge in [0.15, 0.2) is 0 Å². The lowest BCUT2D eigenvalue weighted by molar-refractivity contribution is 1.56. The van der Waals surface area contributed by atoms with E-state index in [1.165, 1.54) is 59.8 Å². The van der Waals surface area contributed by atoms with Gasteiger partial charge in [-0.1, -0.05) is 91.0 Å². The molecule has 1 nitrogen and oxygen atoms in total. The molecule has 6 aromatic rings. The third-order valence-electron chi connectivity index (χ3n) is 6.20. The summed E-state index contributed by atoms with van der Waals surface area (Å²) in [5.41, 5.74) is 8.27. The van der Waals surface area contributed by atoms with E-state index < -0.39 is 0 Å². The Balaban J connectivity index is 1.53. The lowest BCUT2D eigenvalue weighted by Crippen LogP contribution is -1.87. The molecule has 33 heavy (non-hydrogen) atoms. The molecule has 1 aromatic heterocycles. The Morgan fingerprint density at radius 2 is 1.18 bits per heavy atom. The molecule has 0 fully saturated rings. The summed E-state index contributed by atoms with van der Waals surface area (Å²) in [6.45, 7) is 0. The molecule has 5 aromatic carbocycles. The Bertz CT molecular complexity index is 1630. The molecule has 6 rings (SSSR count). The molecule has 0 amide bonds. The summed E-state index contributed by atoms with van der Waals surface area (Å²) >= 11 is 1.79. The van der Waals surface area contributed by atoms with Crippen LogP contribution in [-0.4, -0.2) is 6.21 Å². The summed E-state index contributed by atoms with van der Waals surface area (Å²) in [4.78, 5) is 0. The van der Waals surface area contributed by atoms with Gasteiger partial charge in [-0.3, -0.25) is 0 Å². The maximum atomic E-state index is 7.87. The van der Waals surface area contributed by atoms with Crippen molar-refractivity contribution in [1.29, 1.82) is 5.41 Å². The van der Waals surface area contributed by atoms with Crippen molar-refractivity contribution in [2.45, 2.75) is 0 Å². The molecule has 0 spiro atoms. The summed E-state index contributed by atoms with van der Waals surface area (Å²) in [7, 11) is 0. The molecule has 0 bridgehead atoms.